The van der Waals surface area contributed by atoms with E-state index in [-0.39, 0.29) is 6.03 Å². The third kappa shape index (κ3) is 4.00. The van der Waals surface area contributed by atoms with Gasteiger partial charge in [0.1, 0.15) is 0 Å². The molecule has 0 saturated carbocycles. The summed E-state index contributed by atoms with van der Waals surface area (Å²) in [6, 6.07) is 15.6. The molecule has 5 heteroatoms. The van der Waals surface area contributed by atoms with Crippen LogP contribution in [0.25, 0.3) is 10.9 Å². The van der Waals surface area contributed by atoms with Crippen LogP contribution in [0.1, 0.15) is 12.5 Å². The van der Waals surface area contributed by atoms with E-state index in [0.717, 1.165) is 35.2 Å². The number of carbonyl (C=O) groups is 1. The largest absolute Gasteiger partial charge is 0.383 e. The van der Waals surface area contributed by atoms with Gasteiger partial charge in [-0.25, -0.2) is 4.79 Å². The first-order valence-corrected chi connectivity index (χ1v) is 8.45. The van der Waals surface area contributed by atoms with Crippen molar-refractivity contribution < 1.29 is 9.53 Å². The normalized spacial score (nSPS) is 10.8. The second kappa shape index (κ2) is 7.85. The summed E-state index contributed by atoms with van der Waals surface area (Å²) in [5.74, 6) is 0. The van der Waals surface area contributed by atoms with Crippen molar-refractivity contribution in [3.63, 3.8) is 0 Å². The minimum absolute atomic E-state index is 0.251. The molecule has 0 aliphatic carbocycles. The van der Waals surface area contributed by atoms with Crippen molar-refractivity contribution in [3.05, 3.63) is 60.3 Å². The van der Waals surface area contributed by atoms with Gasteiger partial charge in [-0.3, -0.25) is 0 Å². The molecule has 0 bridgehead atoms. The van der Waals surface area contributed by atoms with Crippen molar-refractivity contribution >= 4 is 28.3 Å². The van der Waals surface area contributed by atoms with Crippen LogP contribution in [0, 0.1) is 0 Å². The van der Waals surface area contributed by atoms with Crippen LogP contribution in [-0.4, -0.2) is 24.3 Å². The maximum Gasteiger partial charge on any atom is 0.323 e. The Hall–Kier alpha value is -2.79. The topological polar surface area (TPSA) is 55.3 Å². The molecule has 0 radical (unpaired) electrons. The van der Waals surface area contributed by atoms with Gasteiger partial charge in [0.2, 0.25) is 0 Å². The first-order valence-electron chi connectivity index (χ1n) is 8.45. The van der Waals surface area contributed by atoms with Gasteiger partial charge in [-0.1, -0.05) is 37.3 Å². The van der Waals surface area contributed by atoms with E-state index in [2.05, 4.69) is 22.1 Å². The molecule has 0 fully saturated rings. The Bertz CT molecular complexity index is 853. The molecule has 2 amide bonds. The second-order valence-electron chi connectivity index (χ2n) is 5.88. The molecule has 5 nitrogen and oxygen atoms in total. The number of aryl methyl sites for hydroxylation is 1. The molecule has 0 aliphatic rings. The zero-order valence-electron chi connectivity index (χ0n) is 14.6. The maximum absolute atomic E-state index is 12.3. The number of anilines is 2. The van der Waals surface area contributed by atoms with Crippen LogP contribution in [-0.2, 0) is 17.7 Å². The first kappa shape index (κ1) is 17.0. The summed E-state index contributed by atoms with van der Waals surface area (Å²) < 4.78 is 7.25. The van der Waals surface area contributed by atoms with E-state index in [1.807, 2.05) is 54.7 Å². The lowest BCUT2D eigenvalue weighted by atomic mass is 10.1. The van der Waals surface area contributed by atoms with Crippen LogP contribution in [0.4, 0.5) is 16.2 Å². The summed E-state index contributed by atoms with van der Waals surface area (Å²) in [4.78, 5) is 12.3. The van der Waals surface area contributed by atoms with Crippen LogP contribution in [0.5, 0.6) is 0 Å². The molecule has 25 heavy (non-hydrogen) atoms. The van der Waals surface area contributed by atoms with Crippen molar-refractivity contribution in [1.82, 2.24) is 4.57 Å². The van der Waals surface area contributed by atoms with Crippen molar-refractivity contribution in [2.75, 3.05) is 24.4 Å². The molecule has 130 valence electrons. The molecule has 0 unspecified atom stereocenters. The Kier molecular flexibility index (Phi) is 5.36. The maximum atomic E-state index is 12.3. The van der Waals surface area contributed by atoms with Gasteiger partial charge in [-0.05, 0) is 30.2 Å². The highest BCUT2D eigenvalue weighted by molar-refractivity contribution is 6.06. The van der Waals surface area contributed by atoms with Gasteiger partial charge in [-0.2, -0.15) is 0 Å². The lowest BCUT2D eigenvalue weighted by Crippen LogP contribution is -2.19. The number of para-hydroxylation sites is 1. The number of aromatic nitrogens is 1. The van der Waals surface area contributed by atoms with Crippen molar-refractivity contribution in [3.8, 4) is 0 Å². The highest BCUT2D eigenvalue weighted by Gasteiger charge is 2.11. The van der Waals surface area contributed by atoms with E-state index >= 15 is 0 Å². The van der Waals surface area contributed by atoms with Crippen LogP contribution in [0.2, 0.25) is 0 Å². The molecule has 1 heterocycles. The van der Waals surface area contributed by atoms with Gasteiger partial charge in [-0.15, -0.1) is 0 Å². The molecular formula is C20H23N3O2. The van der Waals surface area contributed by atoms with E-state index < -0.39 is 0 Å². The molecule has 2 N–H and O–H groups in total. The average Bonchev–Trinajstić information content (AvgIpc) is 2.98. The molecule has 2 aromatic carbocycles. The van der Waals surface area contributed by atoms with Gasteiger partial charge < -0.3 is 19.9 Å². The Morgan fingerprint density at radius 3 is 2.56 bits per heavy atom. The van der Waals surface area contributed by atoms with Crippen molar-refractivity contribution in [2.24, 2.45) is 0 Å². The van der Waals surface area contributed by atoms with Gasteiger partial charge in [0, 0.05) is 30.9 Å². The molecule has 0 atom stereocenters. The summed E-state index contributed by atoms with van der Waals surface area (Å²) in [5, 5.41) is 6.83. The number of hydrogen-bond donors (Lipinski definition) is 2. The molecule has 3 rings (SSSR count). The number of fused-ring (bicyclic) bond motifs is 1. The minimum Gasteiger partial charge on any atom is -0.383 e. The second-order valence-corrected chi connectivity index (χ2v) is 5.88. The van der Waals surface area contributed by atoms with E-state index in [1.165, 1.54) is 5.56 Å². The Labute approximate surface area is 147 Å². The fourth-order valence-corrected chi connectivity index (χ4v) is 2.83. The molecule has 0 spiro atoms. The Morgan fingerprint density at radius 1 is 1.08 bits per heavy atom. The molecule has 0 aliphatic heterocycles. The molecular weight excluding hydrogens is 314 g/mol. The lowest BCUT2D eigenvalue weighted by molar-refractivity contribution is 0.188. The number of nitrogens with zero attached hydrogens (tertiary/aromatic N) is 1. The summed E-state index contributed by atoms with van der Waals surface area (Å²) in [6.07, 6.45) is 2.93. The van der Waals surface area contributed by atoms with Crippen molar-refractivity contribution in [1.29, 1.82) is 0 Å². The number of carbonyl (C=O) groups excluding carboxylic acids is 1. The van der Waals surface area contributed by atoms with E-state index in [9.17, 15) is 4.79 Å². The number of nitrogens with one attached hydrogen (secondary N) is 2. The van der Waals surface area contributed by atoms with Gasteiger partial charge in [0.15, 0.2) is 0 Å². The lowest BCUT2D eigenvalue weighted by Gasteiger charge is -2.07. The van der Waals surface area contributed by atoms with Crippen LogP contribution >= 0.6 is 0 Å². The molecule has 3 aromatic rings. The van der Waals surface area contributed by atoms with Gasteiger partial charge in [0.05, 0.1) is 17.8 Å². The predicted octanol–water partition coefficient (Wildman–Crippen LogP) is 4.49. The van der Waals surface area contributed by atoms with Crippen molar-refractivity contribution in [2.45, 2.75) is 19.9 Å². The zero-order chi connectivity index (χ0) is 17.6. The fourth-order valence-electron chi connectivity index (χ4n) is 2.83. The Balaban J connectivity index is 1.76. The third-order valence-electron chi connectivity index (χ3n) is 4.19. The quantitative estimate of drug-likeness (QED) is 0.696. The average molecular weight is 337 g/mol. The highest BCUT2D eigenvalue weighted by Crippen LogP contribution is 2.26. The minimum atomic E-state index is -0.251. The molecule has 1 aromatic heterocycles. The summed E-state index contributed by atoms with van der Waals surface area (Å²) in [5.41, 5.74) is 3.88. The number of urea groups is 1. The van der Waals surface area contributed by atoms with E-state index in [4.69, 9.17) is 4.74 Å². The van der Waals surface area contributed by atoms with E-state index in [1.54, 1.807) is 7.11 Å². The van der Waals surface area contributed by atoms with Gasteiger partial charge in [0.25, 0.3) is 0 Å². The Morgan fingerprint density at radius 2 is 1.84 bits per heavy atom. The number of methoxy groups -OCH3 is 1. The predicted molar refractivity (Wildman–Crippen MR) is 102 cm³/mol. The molecule has 0 saturated heterocycles. The number of ether oxygens (including phenoxy) is 1. The summed E-state index contributed by atoms with van der Waals surface area (Å²) >= 11 is 0. The fraction of sp³-hybridized carbons (Fsp3) is 0.250. The standard InChI is InChI=1S/C20H23N3O2/c1-3-15-8-10-16(11-9-15)21-20(24)22-18-14-23(12-13-25-2)19-7-5-4-6-17(18)19/h4-11,14H,3,12-13H2,1-2H3,(H2,21,22,24). The van der Waals surface area contributed by atoms with Crippen LogP contribution < -0.4 is 10.6 Å². The number of rotatable bonds is 6. The summed E-state index contributed by atoms with van der Waals surface area (Å²) in [7, 11) is 1.68. The number of amides is 2. The zero-order valence-corrected chi connectivity index (χ0v) is 14.6. The van der Waals surface area contributed by atoms with E-state index in [0.29, 0.717) is 6.61 Å². The third-order valence-corrected chi connectivity index (χ3v) is 4.19. The van der Waals surface area contributed by atoms with Crippen LogP contribution in [0.15, 0.2) is 54.7 Å². The monoisotopic (exact) mass is 337 g/mol. The number of hydrogen-bond acceptors (Lipinski definition) is 2. The smallest absolute Gasteiger partial charge is 0.323 e. The first-order chi connectivity index (χ1) is 12.2. The highest BCUT2D eigenvalue weighted by atomic mass is 16.5. The summed E-state index contributed by atoms with van der Waals surface area (Å²) in [6.45, 7) is 3.46. The SMILES string of the molecule is CCc1ccc(NC(=O)Nc2cn(CCOC)c3ccccc23)cc1. The number of benzene rings is 2. The van der Waals surface area contributed by atoms with Gasteiger partial charge >= 0.3 is 6.03 Å². The van der Waals surface area contributed by atoms with Crippen LogP contribution in [0.3, 0.4) is 0 Å².